The van der Waals surface area contributed by atoms with Gasteiger partial charge in [0.15, 0.2) is 0 Å². The minimum atomic E-state index is -1.12. The van der Waals surface area contributed by atoms with Crippen LogP contribution in [-0.4, -0.2) is 39.8 Å². The van der Waals surface area contributed by atoms with Crippen LogP contribution in [0.15, 0.2) is 24.3 Å². The molecule has 0 fully saturated rings. The van der Waals surface area contributed by atoms with Gasteiger partial charge in [0.2, 0.25) is 5.91 Å². The Morgan fingerprint density at radius 1 is 1.45 bits per heavy atom. The minimum Gasteiger partial charge on any atom is -0.394 e. The molecule has 7 nitrogen and oxygen atoms in total. The van der Waals surface area contributed by atoms with E-state index in [0.29, 0.717) is 5.56 Å². The van der Waals surface area contributed by atoms with Crippen LogP contribution in [0.4, 0.5) is 5.69 Å². The van der Waals surface area contributed by atoms with Gasteiger partial charge in [-0.15, -0.1) is 0 Å². The molecule has 0 saturated carbocycles. The highest BCUT2D eigenvalue weighted by molar-refractivity contribution is 5.84. The van der Waals surface area contributed by atoms with Gasteiger partial charge in [-0.1, -0.05) is 12.1 Å². The zero-order valence-corrected chi connectivity index (χ0v) is 11.4. The van der Waals surface area contributed by atoms with Gasteiger partial charge in [0.1, 0.15) is 0 Å². The summed E-state index contributed by atoms with van der Waals surface area (Å²) in [5.74, 6) is -1.05. The van der Waals surface area contributed by atoms with E-state index in [1.165, 1.54) is 25.1 Å². The van der Waals surface area contributed by atoms with Crippen molar-refractivity contribution in [3.05, 3.63) is 39.9 Å². The molecular weight excluding hydrogens is 264 g/mol. The van der Waals surface area contributed by atoms with E-state index in [1.54, 1.807) is 13.0 Å². The summed E-state index contributed by atoms with van der Waals surface area (Å²) in [6.45, 7) is 2.29. The molecule has 0 aliphatic rings. The summed E-state index contributed by atoms with van der Waals surface area (Å²) in [6, 6.07) is 5.81. The average molecular weight is 282 g/mol. The first-order chi connectivity index (χ1) is 9.33. The Morgan fingerprint density at radius 3 is 2.55 bits per heavy atom. The molecule has 0 aromatic heterocycles. The number of carbonyl (C=O) groups excluding carboxylic acids is 1. The number of benzene rings is 1. The van der Waals surface area contributed by atoms with E-state index in [0.717, 1.165) is 0 Å². The Balaban J connectivity index is 2.89. The third-order valence-electron chi connectivity index (χ3n) is 3.10. The molecule has 0 saturated heterocycles. The van der Waals surface area contributed by atoms with Gasteiger partial charge in [-0.25, -0.2) is 0 Å². The van der Waals surface area contributed by atoms with Crippen LogP contribution in [-0.2, 0) is 4.79 Å². The van der Waals surface area contributed by atoms with Gasteiger partial charge in [0.05, 0.1) is 29.6 Å². The molecule has 0 aliphatic carbocycles. The highest BCUT2D eigenvalue weighted by Crippen LogP contribution is 2.21. The van der Waals surface area contributed by atoms with Gasteiger partial charge in [-0.2, -0.15) is 0 Å². The second-order valence-corrected chi connectivity index (χ2v) is 4.94. The lowest BCUT2D eigenvalue weighted by molar-refractivity contribution is -0.384. The molecular formula is C13H18N2O5. The first kappa shape index (κ1) is 16.1. The number of hydrogen-bond donors (Lipinski definition) is 3. The van der Waals surface area contributed by atoms with Crippen molar-refractivity contribution in [3.63, 3.8) is 0 Å². The smallest absolute Gasteiger partial charge is 0.269 e. The maximum Gasteiger partial charge on any atom is 0.269 e. The fourth-order valence-corrected chi connectivity index (χ4v) is 1.59. The molecule has 20 heavy (non-hydrogen) atoms. The van der Waals surface area contributed by atoms with Gasteiger partial charge < -0.3 is 15.5 Å². The third-order valence-corrected chi connectivity index (χ3v) is 3.10. The number of nitro groups is 1. The largest absolute Gasteiger partial charge is 0.394 e. The first-order valence-electron chi connectivity index (χ1n) is 6.11. The Kier molecular flexibility index (Phi) is 5.18. The molecule has 1 unspecified atom stereocenters. The summed E-state index contributed by atoms with van der Waals surface area (Å²) in [7, 11) is 0. The number of aliphatic hydroxyl groups excluding tert-OH is 2. The molecule has 1 aromatic rings. The fraction of sp³-hybridized carbons (Fsp3) is 0.462. The monoisotopic (exact) mass is 282 g/mol. The number of non-ortho nitro benzene ring substituents is 1. The standard InChI is InChI=1S/C13H18N2O5/c1-9(12(18)14-13(2,7-16)8-17)10-4-3-5-11(6-10)15(19)20/h3-6,9,16-17H,7-8H2,1-2H3,(H,14,18). The maximum absolute atomic E-state index is 12.1. The minimum absolute atomic E-state index is 0.0887. The zero-order chi connectivity index (χ0) is 15.3. The second-order valence-electron chi connectivity index (χ2n) is 4.94. The Labute approximate surface area is 116 Å². The lowest BCUT2D eigenvalue weighted by Crippen LogP contribution is -2.52. The van der Waals surface area contributed by atoms with Crippen molar-refractivity contribution in [2.24, 2.45) is 0 Å². The van der Waals surface area contributed by atoms with Crippen molar-refractivity contribution in [1.82, 2.24) is 5.32 Å². The normalized spacial score (nSPS) is 12.8. The highest BCUT2D eigenvalue weighted by Gasteiger charge is 2.27. The van der Waals surface area contributed by atoms with E-state index >= 15 is 0 Å². The summed E-state index contributed by atoms with van der Waals surface area (Å²) in [5, 5.41) is 31.5. The molecule has 110 valence electrons. The van der Waals surface area contributed by atoms with E-state index in [9.17, 15) is 14.9 Å². The van der Waals surface area contributed by atoms with Crippen molar-refractivity contribution in [1.29, 1.82) is 0 Å². The van der Waals surface area contributed by atoms with Crippen molar-refractivity contribution < 1.29 is 19.9 Å². The lowest BCUT2D eigenvalue weighted by Gasteiger charge is -2.27. The summed E-state index contributed by atoms with van der Waals surface area (Å²) >= 11 is 0. The molecule has 0 aliphatic heterocycles. The second kappa shape index (κ2) is 6.44. The Morgan fingerprint density at radius 2 is 2.05 bits per heavy atom. The van der Waals surface area contributed by atoms with Crippen molar-refractivity contribution >= 4 is 11.6 Å². The number of nitrogens with zero attached hydrogens (tertiary/aromatic N) is 1. The number of nitrogens with one attached hydrogen (secondary N) is 1. The molecule has 7 heteroatoms. The number of aliphatic hydroxyl groups is 2. The molecule has 1 rings (SSSR count). The predicted octanol–water partition coefficient (Wildman–Crippen LogP) is 0.558. The summed E-state index contributed by atoms with van der Waals surface area (Å²) in [4.78, 5) is 22.2. The van der Waals surface area contributed by atoms with Crippen LogP contribution in [0.5, 0.6) is 0 Å². The molecule has 1 aromatic carbocycles. The quantitative estimate of drug-likeness (QED) is 0.521. The molecule has 1 amide bonds. The maximum atomic E-state index is 12.1. The van der Waals surface area contributed by atoms with Crippen molar-refractivity contribution in [3.8, 4) is 0 Å². The number of nitro benzene ring substituents is 1. The molecule has 0 radical (unpaired) electrons. The molecule has 0 heterocycles. The Bertz CT molecular complexity index is 499. The van der Waals surface area contributed by atoms with E-state index in [2.05, 4.69) is 5.32 Å². The van der Waals surface area contributed by atoms with Gasteiger partial charge in [0.25, 0.3) is 5.69 Å². The Hall–Kier alpha value is -1.99. The van der Waals surface area contributed by atoms with E-state index in [1.807, 2.05) is 0 Å². The van der Waals surface area contributed by atoms with Crippen molar-refractivity contribution in [2.75, 3.05) is 13.2 Å². The van der Waals surface area contributed by atoms with Crippen LogP contribution in [0.1, 0.15) is 25.3 Å². The molecule has 0 bridgehead atoms. The number of hydrogen-bond acceptors (Lipinski definition) is 5. The number of amides is 1. The summed E-state index contributed by atoms with van der Waals surface area (Å²) < 4.78 is 0. The van der Waals surface area contributed by atoms with Gasteiger partial charge in [-0.3, -0.25) is 14.9 Å². The van der Waals surface area contributed by atoms with Crippen LogP contribution < -0.4 is 5.32 Å². The van der Waals surface area contributed by atoms with Gasteiger partial charge >= 0.3 is 0 Å². The predicted molar refractivity (Wildman–Crippen MR) is 72.2 cm³/mol. The highest BCUT2D eigenvalue weighted by atomic mass is 16.6. The van der Waals surface area contributed by atoms with Crippen LogP contribution in [0.2, 0.25) is 0 Å². The van der Waals surface area contributed by atoms with Gasteiger partial charge in [-0.05, 0) is 19.4 Å². The molecule has 1 atom stereocenters. The zero-order valence-electron chi connectivity index (χ0n) is 11.4. The topological polar surface area (TPSA) is 113 Å². The van der Waals surface area contributed by atoms with E-state index in [4.69, 9.17) is 10.2 Å². The number of carbonyl (C=O) groups is 1. The third kappa shape index (κ3) is 3.75. The lowest BCUT2D eigenvalue weighted by atomic mass is 9.97. The van der Waals surface area contributed by atoms with Crippen LogP contribution in [0, 0.1) is 10.1 Å². The molecule has 3 N–H and O–H groups in total. The fourth-order valence-electron chi connectivity index (χ4n) is 1.59. The van der Waals surface area contributed by atoms with E-state index < -0.39 is 35.5 Å². The number of rotatable bonds is 6. The molecule has 0 spiro atoms. The van der Waals surface area contributed by atoms with Crippen LogP contribution >= 0.6 is 0 Å². The SMILES string of the molecule is CC(C(=O)NC(C)(CO)CO)c1cccc([N+](=O)[O-])c1. The van der Waals surface area contributed by atoms with Crippen LogP contribution in [0.25, 0.3) is 0 Å². The van der Waals surface area contributed by atoms with Crippen LogP contribution in [0.3, 0.4) is 0 Å². The average Bonchev–Trinajstić information content (AvgIpc) is 2.46. The summed E-state index contributed by atoms with van der Waals surface area (Å²) in [6.07, 6.45) is 0. The van der Waals surface area contributed by atoms with Gasteiger partial charge in [0, 0.05) is 12.1 Å². The first-order valence-corrected chi connectivity index (χ1v) is 6.11. The van der Waals surface area contributed by atoms with E-state index in [-0.39, 0.29) is 5.69 Å². The van der Waals surface area contributed by atoms with Crippen molar-refractivity contribution in [2.45, 2.75) is 25.3 Å². The summed E-state index contributed by atoms with van der Waals surface area (Å²) in [5.41, 5.74) is -0.712.